The molecule has 1 aromatic carbocycles. The molecule has 0 saturated heterocycles. The van der Waals surface area contributed by atoms with E-state index in [2.05, 4.69) is 84.6 Å². The second-order valence-electron chi connectivity index (χ2n) is 5.04. The number of hydrogen-bond acceptors (Lipinski definition) is 1. The average Bonchev–Trinajstić information content (AvgIpc) is 2.50. The van der Waals surface area contributed by atoms with Crippen LogP contribution >= 0.6 is 79.6 Å². The van der Waals surface area contributed by atoms with Crippen molar-refractivity contribution in [3.05, 3.63) is 46.0 Å². The van der Waals surface area contributed by atoms with E-state index >= 15 is 0 Å². The molecule has 0 bridgehead atoms. The molecule has 0 spiro atoms. The monoisotopic (exact) mass is 617 g/mol. The highest BCUT2D eigenvalue weighted by molar-refractivity contribution is 9.26. The molecule has 2 rings (SSSR count). The lowest BCUT2D eigenvalue weighted by Gasteiger charge is -2.43. The Balaban J connectivity index is 2.56. The molecular weight excluding hydrogens is 610 g/mol. The fourth-order valence-corrected chi connectivity index (χ4v) is 6.40. The van der Waals surface area contributed by atoms with Gasteiger partial charge in [0.1, 0.15) is 7.56 Å². The van der Waals surface area contributed by atoms with Crippen LogP contribution in [-0.2, 0) is 0 Å². The second kappa shape index (κ2) is 7.30. The van der Waals surface area contributed by atoms with Gasteiger partial charge in [0.25, 0.3) is 5.91 Å². The Morgan fingerprint density at radius 2 is 1.82 bits per heavy atom. The normalized spacial score (nSPS) is 26.4. The molecule has 0 aliphatic heterocycles. The number of aliphatic imine (C=N–C) groups is 1. The number of carbonyl (C=O) groups is 1. The first-order valence-corrected chi connectivity index (χ1v) is 10.7. The van der Waals surface area contributed by atoms with Gasteiger partial charge in [-0.2, -0.15) is 0 Å². The van der Waals surface area contributed by atoms with E-state index in [-0.39, 0.29) is 5.91 Å². The number of amides is 1. The Morgan fingerprint density at radius 1 is 1.23 bits per heavy atom. The summed E-state index contributed by atoms with van der Waals surface area (Å²) in [6.45, 7) is 2.02. The molecule has 1 aliphatic carbocycles. The van der Waals surface area contributed by atoms with Gasteiger partial charge in [-0.05, 0) is 41.4 Å². The summed E-state index contributed by atoms with van der Waals surface area (Å²) in [5.74, 6) is -0.261. The topological polar surface area (TPSA) is 29.4 Å². The Kier molecular flexibility index (Phi) is 6.31. The fourth-order valence-electron chi connectivity index (χ4n) is 2.15. The van der Waals surface area contributed by atoms with Gasteiger partial charge in [0, 0.05) is 15.4 Å². The molecule has 1 unspecified atom stereocenters. The quantitative estimate of drug-likeness (QED) is 0.354. The maximum atomic E-state index is 12.5. The Hall–Kier alpha value is 0.700. The van der Waals surface area contributed by atoms with E-state index in [9.17, 15) is 4.79 Å². The summed E-state index contributed by atoms with van der Waals surface area (Å²) in [4.78, 5) is 16.9. The van der Waals surface area contributed by atoms with Gasteiger partial charge < -0.3 is 0 Å². The molecule has 118 valence electrons. The third-order valence-electron chi connectivity index (χ3n) is 3.44. The molecule has 7 heteroatoms. The summed E-state index contributed by atoms with van der Waals surface area (Å²) in [5, 5.41) is 0.583. The zero-order valence-electron chi connectivity index (χ0n) is 11.5. The van der Waals surface area contributed by atoms with Crippen LogP contribution in [0.2, 0.25) is 0 Å². The minimum atomic E-state index is -0.567. The molecule has 1 amide bonds. The first-order chi connectivity index (χ1) is 10.2. The SMILES string of the molecule is CC1=C(Br)C(=NC(=O)c2ccccc2)C(Br)(CBr)C(Br)(Br)C1. The van der Waals surface area contributed by atoms with E-state index in [1.165, 1.54) is 0 Å². The number of carbonyl (C=O) groups excluding carboxylic acids is 1. The summed E-state index contributed by atoms with van der Waals surface area (Å²) in [6.07, 6.45) is 0.767. The molecular formula is C15H12Br5NO. The molecule has 1 aromatic rings. The highest BCUT2D eigenvalue weighted by Crippen LogP contribution is 2.55. The van der Waals surface area contributed by atoms with Gasteiger partial charge in [0.15, 0.2) is 0 Å². The van der Waals surface area contributed by atoms with Crippen LogP contribution in [0.15, 0.2) is 45.4 Å². The highest BCUT2D eigenvalue weighted by atomic mass is 79.9. The smallest absolute Gasteiger partial charge is 0.267 e. The predicted molar refractivity (Wildman–Crippen MR) is 110 cm³/mol. The Morgan fingerprint density at radius 3 is 2.36 bits per heavy atom. The van der Waals surface area contributed by atoms with Crippen LogP contribution in [0, 0.1) is 0 Å². The largest absolute Gasteiger partial charge is 0.277 e. The van der Waals surface area contributed by atoms with Crippen molar-refractivity contribution in [3.8, 4) is 0 Å². The Bertz CT molecular complexity index is 653. The highest BCUT2D eigenvalue weighted by Gasteiger charge is 2.53. The summed E-state index contributed by atoms with van der Waals surface area (Å²) in [6, 6.07) is 9.06. The molecule has 0 saturated carbocycles. The van der Waals surface area contributed by atoms with Gasteiger partial charge in [-0.15, -0.1) is 0 Å². The van der Waals surface area contributed by atoms with Crippen LogP contribution in [0.1, 0.15) is 23.7 Å². The number of benzene rings is 1. The summed E-state index contributed by atoms with van der Waals surface area (Å²) < 4.78 is -0.140. The van der Waals surface area contributed by atoms with Crippen molar-refractivity contribution in [3.63, 3.8) is 0 Å². The fraction of sp³-hybridized carbons (Fsp3) is 0.333. The molecule has 1 aliphatic rings. The van der Waals surface area contributed by atoms with Crippen molar-refractivity contribution in [1.29, 1.82) is 0 Å². The van der Waals surface area contributed by atoms with E-state index in [0.29, 0.717) is 16.6 Å². The Labute approximate surface area is 171 Å². The van der Waals surface area contributed by atoms with Crippen LogP contribution in [0.25, 0.3) is 0 Å². The molecule has 0 aromatic heterocycles. The number of hydrogen-bond donors (Lipinski definition) is 0. The van der Waals surface area contributed by atoms with Crippen LogP contribution in [0.3, 0.4) is 0 Å². The number of alkyl halides is 4. The van der Waals surface area contributed by atoms with Crippen molar-refractivity contribution < 1.29 is 4.79 Å². The lowest BCUT2D eigenvalue weighted by molar-refractivity contribution is 0.100. The van der Waals surface area contributed by atoms with Crippen LogP contribution in [0.5, 0.6) is 0 Å². The molecule has 22 heavy (non-hydrogen) atoms. The van der Waals surface area contributed by atoms with Crippen molar-refractivity contribution in [2.45, 2.75) is 20.9 Å². The van der Waals surface area contributed by atoms with Crippen molar-refractivity contribution in [1.82, 2.24) is 0 Å². The third-order valence-corrected chi connectivity index (χ3v) is 10.4. The zero-order valence-corrected chi connectivity index (χ0v) is 19.5. The van der Waals surface area contributed by atoms with Gasteiger partial charge in [-0.3, -0.25) is 4.79 Å². The lowest BCUT2D eigenvalue weighted by Crippen LogP contribution is -2.52. The first kappa shape index (κ1) is 19.0. The van der Waals surface area contributed by atoms with Crippen molar-refractivity contribution in [2.24, 2.45) is 4.99 Å². The predicted octanol–water partition coefficient (Wildman–Crippen LogP) is 6.36. The third kappa shape index (κ3) is 3.53. The zero-order chi connectivity index (χ0) is 16.5. The maximum Gasteiger partial charge on any atom is 0.277 e. The van der Waals surface area contributed by atoms with Crippen LogP contribution in [-0.4, -0.2) is 24.5 Å². The number of allylic oxidation sites excluding steroid dienone is 2. The average molecular weight is 622 g/mol. The van der Waals surface area contributed by atoms with Crippen molar-refractivity contribution in [2.75, 3.05) is 5.33 Å². The van der Waals surface area contributed by atoms with Crippen molar-refractivity contribution >= 4 is 91.3 Å². The molecule has 2 nitrogen and oxygen atoms in total. The standard InChI is InChI=1S/C15H12Br5NO/c1-9-7-15(19,20)14(18,8-16)12(11(9)17)21-13(22)10-5-3-2-4-6-10/h2-6H,7-8H2,1H3. The summed E-state index contributed by atoms with van der Waals surface area (Å²) >= 11 is 18.3. The van der Waals surface area contributed by atoms with Crippen LogP contribution < -0.4 is 0 Å². The molecule has 0 N–H and O–H groups in total. The molecule has 0 fully saturated rings. The van der Waals surface area contributed by atoms with Gasteiger partial charge >= 0.3 is 0 Å². The second-order valence-corrected chi connectivity index (χ2v) is 11.5. The minimum Gasteiger partial charge on any atom is -0.267 e. The minimum absolute atomic E-state index is 0.261. The van der Waals surface area contributed by atoms with Gasteiger partial charge in [0.05, 0.1) is 5.71 Å². The number of rotatable bonds is 2. The van der Waals surface area contributed by atoms with Gasteiger partial charge in [0.2, 0.25) is 0 Å². The van der Waals surface area contributed by atoms with E-state index in [1.807, 2.05) is 25.1 Å². The molecule has 0 heterocycles. The lowest BCUT2D eigenvalue weighted by atomic mass is 9.89. The van der Waals surface area contributed by atoms with E-state index in [1.54, 1.807) is 12.1 Å². The maximum absolute atomic E-state index is 12.5. The molecule has 0 radical (unpaired) electrons. The van der Waals surface area contributed by atoms with E-state index < -0.39 is 7.56 Å². The number of halogens is 5. The van der Waals surface area contributed by atoms with Gasteiger partial charge in [-0.25, -0.2) is 4.99 Å². The van der Waals surface area contributed by atoms with E-state index in [4.69, 9.17) is 0 Å². The molecule has 1 atom stereocenters. The summed E-state index contributed by atoms with van der Waals surface area (Å²) in [5.41, 5.74) is 2.35. The van der Waals surface area contributed by atoms with Crippen LogP contribution in [0.4, 0.5) is 0 Å². The number of nitrogens with zero attached hydrogens (tertiary/aromatic N) is 1. The first-order valence-electron chi connectivity index (χ1n) is 6.40. The van der Waals surface area contributed by atoms with E-state index in [0.717, 1.165) is 16.5 Å². The van der Waals surface area contributed by atoms with Gasteiger partial charge in [-0.1, -0.05) is 87.5 Å². The summed E-state index contributed by atoms with van der Waals surface area (Å²) in [7, 11) is 0.